The molecule has 0 spiro atoms. The number of carbonyl (C=O) groups is 1. The highest BCUT2D eigenvalue weighted by atomic mass is 19.4. The fourth-order valence-electron chi connectivity index (χ4n) is 2.78. The number of carbonyl (C=O) groups excluding carboxylic acids is 1. The minimum Gasteiger partial charge on any atom is -0.493 e. The number of hydrogen-bond acceptors (Lipinski definition) is 6. The second kappa shape index (κ2) is 7.42. The minimum atomic E-state index is -4.46. The van der Waals surface area contributed by atoms with Crippen LogP contribution in [-0.2, 0) is 10.9 Å². The smallest absolute Gasteiger partial charge is 0.419 e. The van der Waals surface area contributed by atoms with Crippen molar-refractivity contribution in [1.82, 2.24) is 9.97 Å². The van der Waals surface area contributed by atoms with Gasteiger partial charge in [-0.1, -0.05) is 12.1 Å². The maximum Gasteiger partial charge on any atom is 0.419 e. The van der Waals surface area contributed by atoms with Crippen LogP contribution in [0.4, 0.5) is 19.1 Å². The number of halogens is 3. The lowest BCUT2D eigenvalue weighted by Crippen LogP contribution is -2.50. The number of ether oxygens (including phenoxy) is 2. The fraction of sp³-hybridized carbons (Fsp3) is 0.389. The summed E-state index contributed by atoms with van der Waals surface area (Å²) in [7, 11) is 1.27. The standard InChI is InChI=1S/C18H18F3N3O3/c1-11-7-14(16(25)26-2)23-17(22-11)24-8-12(9-24)10-27-15-6-4-3-5-13(15)18(19,20)21/h3-7,12H,8-10H2,1-2H3. The predicted molar refractivity (Wildman–Crippen MR) is 90.8 cm³/mol. The van der Waals surface area contributed by atoms with E-state index in [-0.39, 0.29) is 24.0 Å². The Balaban J connectivity index is 1.60. The Morgan fingerprint density at radius 1 is 1.26 bits per heavy atom. The summed E-state index contributed by atoms with van der Waals surface area (Å²) in [4.78, 5) is 21.9. The SMILES string of the molecule is COC(=O)c1cc(C)nc(N2CC(COc3ccccc3C(F)(F)F)C2)n1. The number of anilines is 1. The van der Waals surface area contributed by atoms with Crippen LogP contribution in [0.15, 0.2) is 30.3 Å². The molecule has 0 atom stereocenters. The number of alkyl halides is 3. The third-order valence-electron chi connectivity index (χ3n) is 4.14. The Morgan fingerprint density at radius 3 is 2.63 bits per heavy atom. The van der Waals surface area contributed by atoms with E-state index in [1.807, 2.05) is 4.90 Å². The van der Waals surface area contributed by atoms with Crippen molar-refractivity contribution in [3.05, 3.63) is 47.3 Å². The van der Waals surface area contributed by atoms with E-state index in [1.165, 1.54) is 31.4 Å². The quantitative estimate of drug-likeness (QED) is 0.742. The molecular formula is C18H18F3N3O3. The van der Waals surface area contributed by atoms with Crippen LogP contribution >= 0.6 is 0 Å². The van der Waals surface area contributed by atoms with Crippen molar-refractivity contribution in [1.29, 1.82) is 0 Å². The molecule has 0 amide bonds. The molecule has 1 fully saturated rings. The number of esters is 1. The molecule has 1 aromatic carbocycles. The van der Waals surface area contributed by atoms with E-state index in [1.54, 1.807) is 6.92 Å². The molecular weight excluding hydrogens is 363 g/mol. The van der Waals surface area contributed by atoms with Crippen molar-refractivity contribution in [2.75, 3.05) is 31.7 Å². The first kappa shape index (κ1) is 18.9. The summed E-state index contributed by atoms with van der Waals surface area (Å²) in [6.45, 7) is 2.95. The molecule has 0 saturated carbocycles. The van der Waals surface area contributed by atoms with Gasteiger partial charge in [-0.2, -0.15) is 13.2 Å². The number of methoxy groups -OCH3 is 1. The maximum atomic E-state index is 13.0. The maximum absolute atomic E-state index is 13.0. The Bertz CT molecular complexity index is 836. The zero-order valence-corrected chi connectivity index (χ0v) is 14.8. The molecule has 2 heterocycles. The van der Waals surface area contributed by atoms with Gasteiger partial charge in [0.05, 0.1) is 19.3 Å². The van der Waals surface area contributed by atoms with Crippen LogP contribution in [0.25, 0.3) is 0 Å². The Morgan fingerprint density at radius 2 is 1.96 bits per heavy atom. The lowest BCUT2D eigenvalue weighted by molar-refractivity contribution is -0.139. The van der Waals surface area contributed by atoms with Gasteiger partial charge in [0.25, 0.3) is 0 Å². The Labute approximate surface area is 153 Å². The van der Waals surface area contributed by atoms with Gasteiger partial charge in [-0.3, -0.25) is 0 Å². The molecule has 1 aliphatic heterocycles. The largest absolute Gasteiger partial charge is 0.493 e. The number of hydrogen-bond donors (Lipinski definition) is 0. The van der Waals surface area contributed by atoms with E-state index in [0.717, 1.165) is 6.07 Å². The summed E-state index contributed by atoms with van der Waals surface area (Å²) in [5.41, 5.74) is 0.00364. The summed E-state index contributed by atoms with van der Waals surface area (Å²) in [6.07, 6.45) is -4.46. The van der Waals surface area contributed by atoms with E-state index in [0.29, 0.717) is 24.7 Å². The number of nitrogens with zero attached hydrogens (tertiary/aromatic N) is 3. The first-order valence-electron chi connectivity index (χ1n) is 8.26. The third kappa shape index (κ3) is 4.29. The summed E-state index contributed by atoms with van der Waals surface area (Å²) >= 11 is 0. The first-order valence-corrected chi connectivity index (χ1v) is 8.26. The van der Waals surface area contributed by atoms with Crippen molar-refractivity contribution in [2.45, 2.75) is 13.1 Å². The average molecular weight is 381 g/mol. The Kier molecular flexibility index (Phi) is 5.20. The second-order valence-corrected chi connectivity index (χ2v) is 6.26. The number of para-hydroxylation sites is 1. The topological polar surface area (TPSA) is 64.5 Å². The lowest BCUT2D eigenvalue weighted by atomic mass is 10.0. The molecule has 1 aromatic heterocycles. The van der Waals surface area contributed by atoms with E-state index in [9.17, 15) is 18.0 Å². The number of aryl methyl sites for hydroxylation is 1. The Hall–Kier alpha value is -2.84. The van der Waals surface area contributed by atoms with Gasteiger partial charge >= 0.3 is 12.1 Å². The van der Waals surface area contributed by atoms with Crippen LogP contribution in [0, 0.1) is 12.8 Å². The lowest BCUT2D eigenvalue weighted by Gasteiger charge is -2.39. The molecule has 144 valence electrons. The molecule has 27 heavy (non-hydrogen) atoms. The van der Waals surface area contributed by atoms with E-state index < -0.39 is 17.7 Å². The van der Waals surface area contributed by atoms with Crippen LogP contribution in [0.2, 0.25) is 0 Å². The number of benzene rings is 1. The van der Waals surface area contributed by atoms with Gasteiger partial charge in [-0.05, 0) is 25.1 Å². The molecule has 1 saturated heterocycles. The van der Waals surface area contributed by atoms with E-state index in [2.05, 4.69) is 14.7 Å². The van der Waals surface area contributed by atoms with Gasteiger partial charge in [0.15, 0.2) is 5.69 Å². The van der Waals surface area contributed by atoms with Crippen LogP contribution in [0.3, 0.4) is 0 Å². The van der Waals surface area contributed by atoms with Gasteiger partial charge in [0.2, 0.25) is 5.95 Å². The molecule has 6 nitrogen and oxygen atoms in total. The number of aromatic nitrogens is 2. The highest BCUT2D eigenvalue weighted by Gasteiger charge is 2.35. The van der Waals surface area contributed by atoms with Gasteiger partial charge in [-0.15, -0.1) is 0 Å². The zero-order valence-electron chi connectivity index (χ0n) is 14.8. The van der Waals surface area contributed by atoms with Gasteiger partial charge < -0.3 is 14.4 Å². The van der Waals surface area contributed by atoms with Crippen molar-refractivity contribution in [3.8, 4) is 5.75 Å². The molecule has 0 aliphatic carbocycles. The minimum absolute atomic E-state index is 0.0389. The van der Waals surface area contributed by atoms with Crippen molar-refractivity contribution in [3.63, 3.8) is 0 Å². The highest BCUT2D eigenvalue weighted by Crippen LogP contribution is 2.36. The van der Waals surface area contributed by atoms with Crippen molar-refractivity contribution in [2.24, 2.45) is 5.92 Å². The van der Waals surface area contributed by atoms with Gasteiger partial charge in [-0.25, -0.2) is 14.8 Å². The fourth-order valence-corrected chi connectivity index (χ4v) is 2.78. The third-order valence-corrected chi connectivity index (χ3v) is 4.14. The average Bonchev–Trinajstić information content (AvgIpc) is 2.58. The molecule has 0 N–H and O–H groups in total. The second-order valence-electron chi connectivity index (χ2n) is 6.26. The van der Waals surface area contributed by atoms with E-state index in [4.69, 9.17) is 4.74 Å². The molecule has 3 rings (SSSR count). The van der Waals surface area contributed by atoms with Crippen molar-refractivity contribution >= 4 is 11.9 Å². The van der Waals surface area contributed by atoms with Gasteiger partial charge in [0, 0.05) is 24.7 Å². The first-order chi connectivity index (χ1) is 12.8. The summed E-state index contributed by atoms with van der Waals surface area (Å²) in [5.74, 6) is -0.298. The van der Waals surface area contributed by atoms with Crippen LogP contribution in [0.5, 0.6) is 5.75 Å². The van der Waals surface area contributed by atoms with Crippen LogP contribution < -0.4 is 9.64 Å². The normalized spacial score (nSPS) is 14.6. The molecule has 1 aliphatic rings. The number of rotatable bonds is 5. The molecule has 0 unspecified atom stereocenters. The summed E-state index contributed by atoms with van der Waals surface area (Å²) in [6, 6.07) is 6.67. The van der Waals surface area contributed by atoms with Crippen LogP contribution in [-0.4, -0.2) is 42.7 Å². The van der Waals surface area contributed by atoms with Gasteiger partial charge in [0.1, 0.15) is 5.75 Å². The monoisotopic (exact) mass is 381 g/mol. The van der Waals surface area contributed by atoms with Crippen LogP contribution in [0.1, 0.15) is 21.7 Å². The molecule has 0 bridgehead atoms. The summed E-state index contributed by atoms with van der Waals surface area (Å²) < 4.78 is 49.0. The predicted octanol–water partition coefficient (Wildman–Crippen LogP) is 3.11. The summed E-state index contributed by atoms with van der Waals surface area (Å²) in [5, 5.41) is 0. The van der Waals surface area contributed by atoms with Crippen molar-refractivity contribution < 1.29 is 27.4 Å². The zero-order chi connectivity index (χ0) is 19.6. The molecule has 2 aromatic rings. The highest BCUT2D eigenvalue weighted by molar-refractivity contribution is 5.87. The van der Waals surface area contributed by atoms with E-state index >= 15 is 0 Å². The molecule has 9 heteroatoms. The molecule has 0 radical (unpaired) electrons.